The van der Waals surface area contributed by atoms with Crippen molar-refractivity contribution in [3.05, 3.63) is 105 Å². The summed E-state index contributed by atoms with van der Waals surface area (Å²) in [5.74, 6) is 0.527. The topological polar surface area (TPSA) is 55.2 Å². The maximum atomic E-state index is 13.8. The number of fused-ring (bicyclic) bond motifs is 1. The Morgan fingerprint density at radius 3 is 2.37 bits per heavy atom. The van der Waals surface area contributed by atoms with Crippen LogP contribution in [0.4, 0.5) is 0 Å². The Balaban J connectivity index is 1.96. The molecule has 0 aliphatic heterocycles. The van der Waals surface area contributed by atoms with Gasteiger partial charge in [0.25, 0.3) is 11.5 Å². The molecule has 1 amide bonds. The summed E-state index contributed by atoms with van der Waals surface area (Å²) in [7, 11) is 0. The summed E-state index contributed by atoms with van der Waals surface area (Å²) in [6.45, 7) is 10.5. The summed E-state index contributed by atoms with van der Waals surface area (Å²) in [6, 6.07) is 19.9. The van der Waals surface area contributed by atoms with E-state index in [9.17, 15) is 9.59 Å². The van der Waals surface area contributed by atoms with Crippen molar-refractivity contribution in [2.75, 3.05) is 6.54 Å². The molecule has 0 aliphatic rings. The highest BCUT2D eigenvalue weighted by Crippen LogP contribution is 2.28. The van der Waals surface area contributed by atoms with Crippen LogP contribution < -0.4 is 5.56 Å². The van der Waals surface area contributed by atoms with Crippen LogP contribution in [0.2, 0.25) is 5.02 Å². The van der Waals surface area contributed by atoms with Crippen molar-refractivity contribution < 1.29 is 4.79 Å². The van der Waals surface area contributed by atoms with Gasteiger partial charge in [0.2, 0.25) is 0 Å². The second-order valence-electron chi connectivity index (χ2n) is 9.42. The van der Waals surface area contributed by atoms with Gasteiger partial charge in [-0.3, -0.25) is 14.2 Å². The molecule has 0 saturated heterocycles. The van der Waals surface area contributed by atoms with Gasteiger partial charge in [0.15, 0.2) is 0 Å². The number of rotatable bonds is 6. The minimum Gasteiger partial charge on any atom is -0.328 e. The van der Waals surface area contributed by atoms with Crippen LogP contribution in [0.5, 0.6) is 0 Å². The van der Waals surface area contributed by atoms with Gasteiger partial charge in [0, 0.05) is 6.54 Å². The molecule has 0 bridgehead atoms. The van der Waals surface area contributed by atoms with E-state index in [4.69, 9.17) is 16.6 Å². The molecule has 1 heterocycles. The van der Waals surface area contributed by atoms with E-state index in [1.807, 2.05) is 57.2 Å². The van der Waals surface area contributed by atoms with Crippen LogP contribution in [0.25, 0.3) is 16.6 Å². The Labute approximate surface area is 211 Å². The number of hydrogen-bond donors (Lipinski definition) is 0. The van der Waals surface area contributed by atoms with Gasteiger partial charge < -0.3 is 4.90 Å². The zero-order valence-corrected chi connectivity index (χ0v) is 21.5. The lowest BCUT2D eigenvalue weighted by Gasteiger charge is -2.32. The Kier molecular flexibility index (Phi) is 7.08. The van der Waals surface area contributed by atoms with Gasteiger partial charge in [0.05, 0.1) is 33.2 Å². The fraction of sp³-hybridized carbons (Fsp3) is 0.276. The maximum Gasteiger partial charge on any atom is 0.266 e. The van der Waals surface area contributed by atoms with Crippen LogP contribution in [0.1, 0.15) is 54.1 Å². The summed E-state index contributed by atoms with van der Waals surface area (Å²) in [5, 5.41) is 0.938. The molecule has 6 heteroatoms. The normalized spacial score (nSPS) is 12.2. The molecule has 0 N–H and O–H groups in total. The van der Waals surface area contributed by atoms with Crippen molar-refractivity contribution >= 4 is 28.4 Å². The third kappa shape index (κ3) is 4.87. The average Bonchev–Trinajstić information content (AvgIpc) is 2.82. The molecule has 35 heavy (non-hydrogen) atoms. The highest BCUT2D eigenvalue weighted by atomic mass is 35.5. The molecular weight excluding hydrogens is 458 g/mol. The van der Waals surface area contributed by atoms with Crippen LogP contribution in [-0.4, -0.2) is 26.9 Å². The SMILES string of the molecule is Cc1ccc(-n2c(C(C)N(CC(C)C)C(=O)c3ccccc3Cl)nc3ccccc3c2=O)c(C)c1. The van der Waals surface area contributed by atoms with E-state index < -0.39 is 6.04 Å². The van der Waals surface area contributed by atoms with E-state index in [0.29, 0.717) is 33.9 Å². The van der Waals surface area contributed by atoms with Crippen molar-refractivity contribution in [3.8, 4) is 5.69 Å². The van der Waals surface area contributed by atoms with Crippen molar-refractivity contribution in [1.82, 2.24) is 14.5 Å². The molecule has 1 aromatic heterocycles. The highest BCUT2D eigenvalue weighted by molar-refractivity contribution is 6.33. The first kappa shape index (κ1) is 24.7. The molecule has 0 fully saturated rings. The van der Waals surface area contributed by atoms with Crippen molar-refractivity contribution in [3.63, 3.8) is 0 Å². The van der Waals surface area contributed by atoms with Crippen LogP contribution >= 0.6 is 11.6 Å². The van der Waals surface area contributed by atoms with Crippen LogP contribution in [0.15, 0.2) is 71.5 Å². The zero-order valence-electron chi connectivity index (χ0n) is 20.7. The molecule has 180 valence electrons. The summed E-state index contributed by atoms with van der Waals surface area (Å²) >= 11 is 6.40. The largest absolute Gasteiger partial charge is 0.328 e. The minimum atomic E-state index is -0.487. The zero-order chi connectivity index (χ0) is 25.3. The van der Waals surface area contributed by atoms with Gasteiger partial charge in [-0.05, 0) is 62.6 Å². The quantitative estimate of drug-likeness (QED) is 0.311. The number of nitrogens with zero attached hydrogens (tertiary/aromatic N) is 3. The third-order valence-corrected chi connectivity index (χ3v) is 6.49. The van der Waals surface area contributed by atoms with E-state index >= 15 is 0 Å². The van der Waals surface area contributed by atoms with E-state index in [2.05, 4.69) is 13.8 Å². The molecule has 5 nitrogen and oxygen atoms in total. The number of carbonyl (C=O) groups excluding carboxylic acids is 1. The first-order chi connectivity index (χ1) is 16.7. The Morgan fingerprint density at radius 1 is 1.00 bits per heavy atom. The second kappa shape index (κ2) is 10.0. The third-order valence-electron chi connectivity index (χ3n) is 6.16. The standard InChI is InChI=1S/C29H30ClN3O2/c1-18(2)17-32(28(34)22-10-6-8-12-24(22)30)21(5)27-31-25-13-9-7-11-23(25)29(35)33(27)26-15-14-19(3)16-20(26)4/h6-16,18,21H,17H2,1-5H3. The lowest BCUT2D eigenvalue weighted by molar-refractivity contribution is 0.0655. The molecule has 4 aromatic rings. The molecule has 0 aliphatic carbocycles. The maximum absolute atomic E-state index is 13.8. The van der Waals surface area contributed by atoms with Gasteiger partial charge in [-0.1, -0.05) is 67.4 Å². The van der Waals surface area contributed by atoms with E-state index in [-0.39, 0.29) is 17.4 Å². The number of halogens is 1. The molecule has 0 radical (unpaired) electrons. The molecule has 0 spiro atoms. The Morgan fingerprint density at radius 2 is 1.69 bits per heavy atom. The van der Waals surface area contributed by atoms with Crippen LogP contribution in [0.3, 0.4) is 0 Å². The number of aryl methyl sites for hydroxylation is 2. The summed E-state index contributed by atoms with van der Waals surface area (Å²) in [6.07, 6.45) is 0. The second-order valence-corrected chi connectivity index (χ2v) is 9.83. The van der Waals surface area contributed by atoms with Crippen LogP contribution in [-0.2, 0) is 0 Å². The van der Waals surface area contributed by atoms with Crippen molar-refractivity contribution in [2.24, 2.45) is 5.92 Å². The fourth-order valence-electron chi connectivity index (χ4n) is 4.46. The predicted octanol–water partition coefficient (Wildman–Crippen LogP) is 6.52. The van der Waals surface area contributed by atoms with Gasteiger partial charge in [-0.25, -0.2) is 4.98 Å². The number of hydrogen-bond acceptors (Lipinski definition) is 3. The molecular formula is C29H30ClN3O2. The summed E-state index contributed by atoms with van der Waals surface area (Å²) < 4.78 is 1.66. The number of benzene rings is 3. The number of aromatic nitrogens is 2. The first-order valence-corrected chi connectivity index (χ1v) is 12.2. The molecule has 4 rings (SSSR count). The van der Waals surface area contributed by atoms with Crippen molar-refractivity contribution in [1.29, 1.82) is 0 Å². The number of amides is 1. The highest BCUT2D eigenvalue weighted by Gasteiger charge is 2.29. The predicted molar refractivity (Wildman–Crippen MR) is 143 cm³/mol. The van der Waals surface area contributed by atoms with Crippen LogP contribution in [0, 0.1) is 19.8 Å². The summed E-state index contributed by atoms with van der Waals surface area (Å²) in [5.41, 5.74) is 3.72. The van der Waals surface area contributed by atoms with Gasteiger partial charge in [-0.15, -0.1) is 0 Å². The lowest BCUT2D eigenvalue weighted by atomic mass is 10.1. The number of carbonyl (C=O) groups is 1. The van der Waals surface area contributed by atoms with Gasteiger partial charge >= 0.3 is 0 Å². The van der Waals surface area contributed by atoms with Crippen molar-refractivity contribution in [2.45, 2.75) is 40.7 Å². The molecule has 0 saturated carbocycles. The minimum absolute atomic E-state index is 0.154. The molecule has 1 unspecified atom stereocenters. The fourth-order valence-corrected chi connectivity index (χ4v) is 4.67. The Hall–Kier alpha value is -3.44. The summed E-state index contributed by atoms with van der Waals surface area (Å²) in [4.78, 5) is 34.3. The van der Waals surface area contributed by atoms with E-state index in [0.717, 1.165) is 16.8 Å². The Bertz CT molecular complexity index is 1460. The molecule has 3 aromatic carbocycles. The smallest absolute Gasteiger partial charge is 0.266 e. The van der Waals surface area contributed by atoms with Gasteiger partial charge in [0.1, 0.15) is 5.82 Å². The van der Waals surface area contributed by atoms with Gasteiger partial charge in [-0.2, -0.15) is 0 Å². The molecule has 1 atom stereocenters. The number of para-hydroxylation sites is 1. The average molecular weight is 488 g/mol. The lowest BCUT2D eigenvalue weighted by Crippen LogP contribution is -2.39. The monoisotopic (exact) mass is 487 g/mol. The first-order valence-electron chi connectivity index (χ1n) is 11.8. The van der Waals surface area contributed by atoms with E-state index in [1.54, 1.807) is 39.8 Å². The van der Waals surface area contributed by atoms with E-state index in [1.165, 1.54) is 0 Å².